The van der Waals surface area contributed by atoms with E-state index < -0.39 is 11.2 Å². The quantitative estimate of drug-likeness (QED) is 0.736. The van der Waals surface area contributed by atoms with E-state index >= 15 is 0 Å². The fourth-order valence-corrected chi connectivity index (χ4v) is 3.72. The average Bonchev–Trinajstić information content (AvgIpc) is 2.70. The van der Waals surface area contributed by atoms with E-state index in [9.17, 15) is 9.59 Å². The van der Waals surface area contributed by atoms with E-state index in [0.717, 1.165) is 37.3 Å². The van der Waals surface area contributed by atoms with Crippen molar-refractivity contribution in [3.8, 4) is 5.69 Å². The predicted octanol–water partition coefficient (Wildman–Crippen LogP) is 2.50. The number of hydrogen-bond donors (Lipinski definition) is 1. The van der Waals surface area contributed by atoms with Gasteiger partial charge in [0.1, 0.15) is 5.82 Å². The van der Waals surface area contributed by atoms with Crippen LogP contribution in [0.3, 0.4) is 0 Å². The molecule has 2 aromatic carbocycles. The third kappa shape index (κ3) is 3.88. The van der Waals surface area contributed by atoms with Crippen LogP contribution in [0.4, 0.5) is 5.82 Å². The van der Waals surface area contributed by atoms with Crippen LogP contribution in [0.25, 0.3) is 5.69 Å². The lowest BCUT2D eigenvalue weighted by atomic mass is 10.2. The molecule has 7 heteroatoms. The van der Waals surface area contributed by atoms with Crippen LogP contribution in [0, 0.1) is 0 Å². The summed E-state index contributed by atoms with van der Waals surface area (Å²) >= 11 is 6.15. The highest BCUT2D eigenvalue weighted by atomic mass is 35.5. The maximum atomic E-state index is 12.6. The van der Waals surface area contributed by atoms with Crippen LogP contribution in [0.1, 0.15) is 5.56 Å². The second-order valence-electron chi connectivity index (χ2n) is 6.83. The molecule has 144 valence electrons. The summed E-state index contributed by atoms with van der Waals surface area (Å²) in [5, 5.41) is 0.359. The first-order valence-electron chi connectivity index (χ1n) is 9.24. The number of benzene rings is 2. The van der Waals surface area contributed by atoms with Gasteiger partial charge in [-0.3, -0.25) is 14.7 Å². The van der Waals surface area contributed by atoms with Crippen molar-refractivity contribution < 1.29 is 0 Å². The van der Waals surface area contributed by atoms with Crippen molar-refractivity contribution in [3.05, 3.63) is 92.1 Å². The van der Waals surface area contributed by atoms with Gasteiger partial charge in [-0.2, -0.15) is 0 Å². The van der Waals surface area contributed by atoms with Gasteiger partial charge in [0.05, 0.1) is 10.7 Å². The Balaban J connectivity index is 1.50. The summed E-state index contributed by atoms with van der Waals surface area (Å²) in [7, 11) is 0. The molecular formula is C21H21ClN4O2. The zero-order chi connectivity index (χ0) is 19.5. The largest absolute Gasteiger partial charge is 0.355 e. The fraction of sp³-hybridized carbons (Fsp3) is 0.238. The molecule has 1 N–H and O–H groups in total. The number of H-pyrrole nitrogens is 1. The molecular weight excluding hydrogens is 376 g/mol. The SMILES string of the molecule is O=c1cc(N2CCN(Cc3ccccc3)CC2)[nH]c(=O)n1-c1ccccc1Cl. The van der Waals surface area contributed by atoms with Crippen molar-refractivity contribution in [2.75, 3.05) is 31.1 Å². The van der Waals surface area contributed by atoms with Crippen LogP contribution in [0.2, 0.25) is 5.02 Å². The molecule has 0 amide bonds. The average molecular weight is 397 g/mol. The van der Waals surface area contributed by atoms with E-state index in [1.54, 1.807) is 24.3 Å². The number of nitrogens with zero attached hydrogens (tertiary/aromatic N) is 3. The number of aromatic nitrogens is 2. The second-order valence-corrected chi connectivity index (χ2v) is 7.24. The molecule has 0 atom stereocenters. The number of rotatable bonds is 4. The lowest BCUT2D eigenvalue weighted by Gasteiger charge is -2.35. The monoisotopic (exact) mass is 396 g/mol. The Hall–Kier alpha value is -2.83. The molecule has 1 aliphatic rings. The van der Waals surface area contributed by atoms with Crippen molar-refractivity contribution in [2.24, 2.45) is 0 Å². The van der Waals surface area contributed by atoms with Crippen LogP contribution in [0.15, 0.2) is 70.3 Å². The summed E-state index contributed by atoms with van der Waals surface area (Å²) in [4.78, 5) is 32.4. The summed E-state index contributed by atoms with van der Waals surface area (Å²) in [5.74, 6) is 0.553. The molecule has 1 fully saturated rings. The van der Waals surface area contributed by atoms with Gasteiger partial charge in [0.25, 0.3) is 5.56 Å². The molecule has 1 aromatic heterocycles. The number of piperazine rings is 1. The predicted molar refractivity (Wildman–Crippen MR) is 112 cm³/mol. The minimum atomic E-state index is -0.484. The summed E-state index contributed by atoms with van der Waals surface area (Å²) in [6.07, 6.45) is 0. The van der Waals surface area contributed by atoms with Gasteiger partial charge in [0.15, 0.2) is 0 Å². The number of aromatic amines is 1. The molecule has 4 rings (SSSR count). The van der Waals surface area contributed by atoms with Gasteiger partial charge in [-0.15, -0.1) is 0 Å². The molecule has 3 aromatic rings. The lowest BCUT2D eigenvalue weighted by molar-refractivity contribution is 0.249. The Morgan fingerprint density at radius 3 is 2.25 bits per heavy atom. The molecule has 6 nitrogen and oxygen atoms in total. The number of halogens is 1. The van der Waals surface area contributed by atoms with Gasteiger partial charge < -0.3 is 4.90 Å². The third-order valence-electron chi connectivity index (χ3n) is 4.97. The van der Waals surface area contributed by atoms with Crippen molar-refractivity contribution >= 4 is 17.4 Å². The van der Waals surface area contributed by atoms with E-state index in [-0.39, 0.29) is 0 Å². The summed E-state index contributed by atoms with van der Waals surface area (Å²) in [6.45, 7) is 4.13. The van der Waals surface area contributed by atoms with Gasteiger partial charge in [-0.05, 0) is 17.7 Å². The van der Waals surface area contributed by atoms with Gasteiger partial charge in [0, 0.05) is 38.8 Å². The lowest BCUT2D eigenvalue weighted by Crippen LogP contribution is -2.47. The molecule has 0 unspecified atom stereocenters. The number of nitrogens with one attached hydrogen (secondary N) is 1. The zero-order valence-corrected chi connectivity index (χ0v) is 16.1. The van der Waals surface area contributed by atoms with Crippen LogP contribution in [-0.2, 0) is 6.54 Å². The Morgan fingerprint density at radius 2 is 1.57 bits per heavy atom. The first-order chi connectivity index (χ1) is 13.6. The Morgan fingerprint density at radius 1 is 0.893 bits per heavy atom. The molecule has 28 heavy (non-hydrogen) atoms. The minimum absolute atomic E-state index is 0.359. The molecule has 2 heterocycles. The third-order valence-corrected chi connectivity index (χ3v) is 5.29. The maximum absolute atomic E-state index is 12.6. The molecule has 0 radical (unpaired) electrons. The van der Waals surface area contributed by atoms with Gasteiger partial charge in [-0.1, -0.05) is 54.1 Å². The first-order valence-corrected chi connectivity index (χ1v) is 9.62. The highest BCUT2D eigenvalue weighted by Crippen LogP contribution is 2.18. The molecule has 1 aliphatic heterocycles. The molecule has 0 aliphatic carbocycles. The molecule has 0 saturated carbocycles. The summed E-state index contributed by atoms with van der Waals surface area (Å²) in [5.41, 5.74) is 0.794. The van der Waals surface area contributed by atoms with Gasteiger partial charge >= 0.3 is 5.69 Å². The van der Waals surface area contributed by atoms with Crippen molar-refractivity contribution in [3.63, 3.8) is 0 Å². The topological polar surface area (TPSA) is 61.3 Å². The van der Waals surface area contributed by atoms with Crippen LogP contribution < -0.4 is 16.1 Å². The highest BCUT2D eigenvalue weighted by Gasteiger charge is 2.19. The fourth-order valence-electron chi connectivity index (χ4n) is 3.50. The highest BCUT2D eigenvalue weighted by molar-refractivity contribution is 6.32. The van der Waals surface area contributed by atoms with Crippen molar-refractivity contribution in [1.29, 1.82) is 0 Å². The standard InChI is InChI=1S/C21H21ClN4O2/c22-17-8-4-5-9-18(17)26-20(27)14-19(23-21(26)28)25-12-10-24(11-13-25)15-16-6-2-1-3-7-16/h1-9,14H,10-13,15H2,(H,23,28). The van der Waals surface area contributed by atoms with Crippen molar-refractivity contribution in [2.45, 2.75) is 6.54 Å². The van der Waals surface area contributed by atoms with E-state index in [2.05, 4.69) is 22.0 Å². The van der Waals surface area contributed by atoms with Gasteiger partial charge in [0.2, 0.25) is 0 Å². The second kappa shape index (κ2) is 8.04. The Kier molecular flexibility index (Phi) is 5.32. The number of hydrogen-bond acceptors (Lipinski definition) is 4. The Bertz CT molecular complexity index is 1040. The number of para-hydroxylation sites is 1. The number of anilines is 1. The van der Waals surface area contributed by atoms with Crippen LogP contribution >= 0.6 is 11.6 Å². The van der Waals surface area contributed by atoms with E-state index in [0.29, 0.717) is 16.5 Å². The smallest absolute Gasteiger partial charge is 0.334 e. The van der Waals surface area contributed by atoms with E-state index in [1.807, 2.05) is 23.1 Å². The molecule has 0 bridgehead atoms. The van der Waals surface area contributed by atoms with Crippen LogP contribution in [0.5, 0.6) is 0 Å². The van der Waals surface area contributed by atoms with E-state index in [4.69, 9.17) is 11.6 Å². The summed E-state index contributed by atoms with van der Waals surface area (Å²) < 4.78 is 1.07. The van der Waals surface area contributed by atoms with Gasteiger partial charge in [-0.25, -0.2) is 9.36 Å². The maximum Gasteiger partial charge on any atom is 0.334 e. The van der Waals surface area contributed by atoms with Crippen LogP contribution in [-0.4, -0.2) is 40.6 Å². The van der Waals surface area contributed by atoms with E-state index in [1.165, 1.54) is 11.6 Å². The molecule has 1 saturated heterocycles. The zero-order valence-electron chi connectivity index (χ0n) is 15.3. The first kappa shape index (κ1) is 18.5. The normalized spacial score (nSPS) is 15.0. The molecule has 0 spiro atoms. The Labute approximate surface area is 167 Å². The van der Waals surface area contributed by atoms with Crippen molar-refractivity contribution in [1.82, 2.24) is 14.5 Å². The summed E-state index contributed by atoms with van der Waals surface area (Å²) in [6, 6.07) is 18.6. The minimum Gasteiger partial charge on any atom is -0.355 e.